The molecule has 3 N–H and O–H groups in total. The second-order valence-corrected chi connectivity index (χ2v) is 11.2. The summed E-state index contributed by atoms with van der Waals surface area (Å²) in [6.07, 6.45) is 13.3. The Morgan fingerprint density at radius 3 is 0.977 bits per heavy atom. The first-order valence-corrected chi connectivity index (χ1v) is 16.0. The molecule has 0 radical (unpaired) electrons. The van der Waals surface area contributed by atoms with E-state index in [0.29, 0.717) is 34.3 Å². The number of rotatable bonds is 15. The molecular weight excluding hydrogens is 656 g/mol. The molecule has 0 heterocycles. The van der Waals surface area contributed by atoms with Crippen molar-refractivity contribution < 1.29 is 23.4 Å². The molecule has 10 heteroatoms. The minimum absolute atomic E-state index is 0.289. The standard InChI is InChI=1S/3C11H11NO2.Sb/c3*1-2-3-4-11(14)12-9-5-7-10(13)8-6-9;/h3*2-8,13H,1H2,(H,12,14);/q;;;+3/p-3. The summed E-state index contributed by atoms with van der Waals surface area (Å²) in [5, 5.41) is 8.23. The third-order valence-electron chi connectivity index (χ3n) is 5.06. The first kappa shape index (κ1) is 32.2. The molecule has 0 saturated carbocycles. The Kier molecular flexibility index (Phi) is 13.1. The summed E-state index contributed by atoms with van der Waals surface area (Å²) in [7, 11) is 0. The molecule has 0 aliphatic heterocycles. The predicted molar refractivity (Wildman–Crippen MR) is 171 cm³/mol. The summed E-state index contributed by atoms with van der Waals surface area (Å²) in [5.74, 6) is 0.588. The second kappa shape index (κ2) is 17.5. The summed E-state index contributed by atoms with van der Waals surface area (Å²) in [4.78, 5) is 35.8. The van der Waals surface area contributed by atoms with Gasteiger partial charge >= 0.3 is 260 Å². The second-order valence-electron chi connectivity index (χ2n) is 8.32. The Morgan fingerprint density at radius 2 is 0.744 bits per heavy atom. The summed E-state index contributed by atoms with van der Waals surface area (Å²) >= 11 is -3.46. The average molecular weight is 686 g/mol. The topological polar surface area (TPSA) is 115 Å². The molecule has 3 aromatic carbocycles. The van der Waals surface area contributed by atoms with Crippen molar-refractivity contribution in [2.45, 2.75) is 0 Å². The predicted octanol–water partition coefficient (Wildman–Crippen LogP) is 6.25. The van der Waals surface area contributed by atoms with Crippen LogP contribution in [-0.2, 0) is 14.4 Å². The molecule has 0 bridgehead atoms. The van der Waals surface area contributed by atoms with Gasteiger partial charge in [-0.2, -0.15) is 0 Å². The molecule has 0 saturated heterocycles. The van der Waals surface area contributed by atoms with Crippen LogP contribution in [0.4, 0.5) is 17.1 Å². The van der Waals surface area contributed by atoms with Crippen LogP contribution in [0.5, 0.6) is 17.2 Å². The zero-order valence-electron chi connectivity index (χ0n) is 23.1. The van der Waals surface area contributed by atoms with E-state index in [2.05, 4.69) is 35.7 Å². The van der Waals surface area contributed by atoms with Gasteiger partial charge in [0, 0.05) is 0 Å². The fourth-order valence-electron chi connectivity index (χ4n) is 3.13. The van der Waals surface area contributed by atoms with Gasteiger partial charge in [0.1, 0.15) is 0 Å². The minimum atomic E-state index is -3.46. The first-order chi connectivity index (χ1) is 20.9. The van der Waals surface area contributed by atoms with Crippen molar-refractivity contribution >= 4 is 56.3 Å². The Labute approximate surface area is 259 Å². The van der Waals surface area contributed by atoms with Crippen LogP contribution in [0.2, 0.25) is 0 Å². The van der Waals surface area contributed by atoms with Crippen molar-refractivity contribution in [2.75, 3.05) is 16.0 Å². The Morgan fingerprint density at radius 1 is 0.488 bits per heavy atom. The van der Waals surface area contributed by atoms with Gasteiger partial charge in [-0.05, 0) is 0 Å². The number of hydrogen-bond donors (Lipinski definition) is 3. The third kappa shape index (κ3) is 12.0. The van der Waals surface area contributed by atoms with Gasteiger partial charge in [-0.15, -0.1) is 0 Å². The van der Waals surface area contributed by atoms with E-state index in [4.69, 9.17) is 9.05 Å². The van der Waals surface area contributed by atoms with E-state index in [1.807, 2.05) is 0 Å². The van der Waals surface area contributed by atoms with E-state index < -0.39 is 21.5 Å². The Hall–Kier alpha value is -5.27. The van der Waals surface area contributed by atoms with Crippen LogP contribution in [0.25, 0.3) is 0 Å². The van der Waals surface area contributed by atoms with E-state index in [9.17, 15) is 14.4 Å². The van der Waals surface area contributed by atoms with Crippen molar-refractivity contribution in [1.29, 1.82) is 0 Å². The summed E-state index contributed by atoms with van der Waals surface area (Å²) in [6, 6.07) is 20.4. The number of benzene rings is 3. The van der Waals surface area contributed by atoms with Crippen LogP contribution < -0.4 is 25.0 Å². The van der Waals surface area contributed by atoms with Crippen LogP contribution in [-0.4, -0.2) is 39.2 Å². The molecular formula is C33H30N3O6Sb. The molecule has 3 amide bonds. The zero-order chi connectivity index (χ0) is 30.9. The number of hydrogen-bond acceptors (Lipinski definition) is 6. The number of nitrogens with one attached hydrogen (secondary N) is 3. The average Bonchev–Trinajstić information content (AvgIpc) is 3.01. The number of allylic oxidation sites excluding steroid dienone is 6. The van der Waals surface area contributed by atoms with Crippen molar-refractivity contribution in [3.8, 4) is 17.2 Å². The van der Waals surface area contributed by atoms with E-state index in [1.165, 1.54) is 36.5 Å². The molecule has 3 rings (SSSR count). The zero-order valence-corrected chi connectivity index (χ0v) is 25.7. The van der Waals surface area contributed by atoms with E-state index in [1.54, 1.807) is 91.0 Å². The molecule has 0 fully saturated rings. The molecule has 0 atom stereocenters. The van der Waals surface area contributed by atoms with Gasteiger partial charge in [0.05, 0.1) is 0 Å². The summed E-state index contributed by atoms with van der Waals surface area (Å²) in [5.41, 5.74) is 1.74. The van der Waals surface area contributed by atoms with Crippen molar-refractivity contribution in [2.24, 2.45) is 0 Å². The van der Waals surface area contributed by atoms with Crippen LogP contribution in [0.15, 0.2) is 147 Å². The number of carbonyl (C=O) groups excluding carboxylic acids is 3. The van der Waals surface area contributed by atoms with Gasteiger partial charge in [0.15, 0.2) is 0 Å². The number of anilines is 3. The van der Waals surface area contributed by atoms with E-state index in [-0.39, 0.29) is 17.7 Å². The van der Waals surface area contributed by atoms with Crippen LogP contribution in [0.3, 0.4) is 0 Å². The van der Waals surface area contributed by atoms with Gasteiger partial charge in [-0.3, -0.25) is 0 Å². The van der Waals surface area contributed by atoms with Crippen molar-refractivity contribution in [3.05, 3.63) is 147 Å². The molecule has 0 aromatic heterocycles. The molecule has 0 spiro atoms. The van der Waals surface area contributed by atoms with Crippen LogP contribution in [0, 0.1) is 0 Å². The Bertz CT molecular complexity index is 1330. The molecule has 0 unspecified atom stereocenters. The molecule has 9 nitrogen and oxygen atoms in total. The van der Waals surface area contributed by atoms with Crippen LogP contribution in [0.1, 0.15) is 0 Å². The SMILES string of the molecule is C=CC=CC(=O)Nc1ccc([O][Sb]([O]c2ccc(NC(=O)C=CC=C)cc2)[O]c2ccc(NC(=O)C=CC=C)cc2)cc1. The van der Waals surface area contributed by atoms with Gasteiger partial charge in [-0.1, -0.05) is 0 Å². The summed E-state index contributed by atoms with van der Waals surface area (Å²) < 4.78 is 18.4. The Balaban J connectivity index is 1.73. The molecule has 0 aliphatic carbocycles. The maximum absolute atomic E-state index is 11.9. The molecule has 218 valence electrons. The number of amides is 3. The fourth-order valence-corrected chi connectivity index (χ4v) is 5.96. The van der Waals surface area contributed by atoms with Gasteiger partial charge in [-0.25, -0.2) is 0 Å². The van der Waals surface area contributed by atoms with Crippen molar-refractivity contribution in [1.82, 2.24) is 0 Å². The van der Waals surface area contributed by atoms with E-state index >= 15 is 0 Å². The monoisotopic (exact) mass is 685 g/mol. The first-order valence-electron chi connectivity index (χ1n) is 12.8. The maximum atomic E-state index is 11.9. The summed E-state index contributed by atoms with van der Waals surface area (Å²) in [6.45, 7) is 10.6. The molecule has 43 heavy (non-hydrogen) atoms. The van der Waals surface area contributed by atoms with Gasteiger partial charge in [0.2, 0.25) is 0 Å². The van der Waals surface area contributed by atoms with E-state index in [0.717, 1.165) is 0 Å². The number of carbonyl (C=O) groups is 3. The molecule has 3 aromatic rings. The fraction of sp³-hybridized carbons (Fsp3) is 0. The normalized spacial score (nSPS) is 10.8. The van der Waals surface area contributed by atoms with Gasteiger partial charge < -0.3 is 0 Å². The quantitative estimate of drug-likeness (QED) is 0.0990. The van der Waals surface area contributed by atoms with Crippen LogP contribution >= 0.6 is 0 Å². The van der Waals surface area contributed by atoms with Gasteiger partial charge in [0.25, 0.3) is 0 Å². The third-order valence-corrected chi connectivity index (χ3v) is 8.14. The van der Waals surface area contributed by atoms with Crippen molar-refractivity contribution in [3.63, 3.8) is 0 Å². The molecule has 0 aliphatic rings.